The molecular weight excluding hydrogens is 220 g/mol. The largest absolute Gasteiger partial charge is 0.372 e. The highest BCUT2D eigenvalue weighted by Crippen LogP contribution is 2.36. The zero-order valence-electron chi connectivity index (χ0n) is 10.0. The van der Waals surface area contributed by atoms with Gasteiger partial charge in [0.1, 0.15) is 11.1 Å². The average Bonchev–Trinajstić information content (AvgIpc) is 2.72. The van der Waals surface area contributed by atoms with Crippen LogP contribution in [0.1, 0.15) is 54.3 Å². The lowest BCUT2D eigenvalue weighted by molar-refractivity contribution is 0.0760. The van der Waals surface area contributed by atoms with Crippen LogP contribution in [-0.4, -0.2) is 18.1 Å². The Morgan fingerprint density at radius 3 is 3.12 bits per heavy atom. The number of rotatable bonds is 4. The van der Waals surface area contributed by atoms with Gasteiger partial charge in [-0.3, -0.25) is 0 Å². The minimum atomic E-state index is 0.124. The van der Waals surface area contributed by atoms with Crippen molar-refractivity contribution in [2.24, 2.45) is 5.73 Å². The molecule has 2 N–H and O–H groups in total. The van der Waals surface area contributed by atoms with Crippen LogP contribution < -0.4 is 5.73 Å². The molecule has 1 heterocycles. The van der Waals surface area contributed by atoms with Crippen molar-refractivity contribution < 1.29 is 4.74 Å². The monoisotopic (exact) mass is 240 g/mol. The molecule has 4 heteroatoms. The number of hydrogen-bond acceptors (Lipinski definition) is 4. The lowest BCUT2D eigenvalue weighted by Crippen LogP contribution is -2.17. The molecule has 16 heavy (non-hydrogen) atoms. The van der Waals surface area contributed by atoms with Crippen molar-refractivity contribution in [3.63, 3.8) is 0 Å². The van der Waals surface area contributed by atoms with Crippen LogP contribution >= 0.6 is 11.3 Å². The first-order chi connectivity index (χ1) is 7.76. The summed E-state index contributed by atoms with van der Waals surface area (Å²) in [6, 6.07) is 0. The molecular formula is C12H20N2OS. The number of hydrogen-bond donors (Lipinski definition) is 1. The van der Waals surface area contributed by atoms with E-state index in [1.807, 2.05) is 18.3 Å². The highest BCUT2D eigenvalue weighted by atomic mass is 32.1. The first kappa shape index (κ1) is 12.0. The van der Waals surface area contributed by atoms with E-state index in [2.05, 4.69) is 6.92 Å². The summed E-state index contributed by atoms with van der Waals surface area (Å²) in [5, 5.41) is 1.12. The van der Waals surface area contributed by atoms with Gasteiger partial charge >= 0.3 is 0 Å². The van der Waals surface area contributed by atoms with Crippen molar-refractivity contribution in [1.82, 2.24) is 4.98 Å². The molecule has 0 spiro atoms. The average molecular weight is 240 g/mol. The third-order valence-electron chi connectivity index (χ3n) is 3.14. The summed E-state index contributed by atoms with van der Waals surface area (Å²) in [6.45, 7) is 5.56. The van der Waals surface area contributed by atoms with Crippen molar-refractivity contribution in [2.45, 2.75) is 45.1 Å². The fourth-order valence-corrected chi connectivity index (χ4v) is 3.44. The predicted octanol–water partition coefficient (Wildman–Crippen LogP) is 2.62. The van der Waals surface area contributed by atoms with Crippen molar-refractivity contribution in [3.8, 4) is 0 Å². The highest BCUT2D eigenvalue weighted by molar-refractivity contribution is 7.11. The minimum Gasteiger partial charge on any atom is -0.372 e. The molecule has 0 saturated carbocycles. The van der Waals surface area contributed by atoms with E-state index >= 15 is 0 Å². The van der Waals surface area contributed by atoms with E-state index in [4.69, 9.17) is 15.5 Å². The van der Waals surface area contributed by atoms with Gasteiger partial charge in [0.05, 0.1) is 5.69 Å². The second-order valence-electron chi connectivity index (χ2n) is 4.28. The SMILES string of the molecule is CCOC(C)c1nc2c(s1)CCCC2CN. The lowest BCUT2D eigenvalue weighted by Gasteiger charge is -2.18. The van der Waals surface area contributed by atoms with Crippen LogP contribution in [0.3, 0.4) is 0 Å². The lowest BCUT2D eigenvalue weighted by atomic mass is 9.91. The van der Waals surface area contributed by atoms with E-state index < -0.39 is 0 Å². The van der Waals surface area contributed by atoms with Crippen LogP contribution in [0.4, 0.5) is 0 Å². The maximum absolute atomic E-state index is 5.80. The molecule has 2 unspecified atom stereocenters. The summed E-state index contributed by atoms with van der Waals surface area (Å²) in [5.74, 6) is 0.475. The number of nitrogens with two attached hydrogens (primary N) is 1. The third-order valence-corrected chi connectivity index (χ3v) is 4.43. The zero-order chi connectivity index (χ0) is 11.5. The Morgan fingerprint density at radius 2 is 2.44 bits per heavy atom. The number of aryl methyl sites for hydroxylation is 1. The molecule has 0 fully saturated rings. The van der Waals surface area contributed by atoms with Crippen molar-refractivity contribution >= 4 is 11.3 Å². The number of aromatic nitrogens is 1. The second-order valence-corrected chi connectivity index (χ2v) is 5.40. The van der Waals surface area contributed by atoms with Gasteiger partial charge < -0.3 is 10.5 Å². The molecule has 90 valence electrons. The molecule has 0 amide bonds. The molecule has 2 atom stereocenters. The Kier molecular flexibility index (Phi) is 3.95. The Hall–Kier alpha value is -0.450. The summed E-state index contributed by atoms with van der Waals surface area (Å²) >= 11 is 1.81. The van der Waals surface area contributed by atoms with Gasteiger partial charge in [0.15, 0.2) is 0 Å². The number of ether oxygens (including phenoxy) is 1. The molecule has 1 aliphatic rings. The standard InChI is InChI=1S/C12H20N2OS/c1-3-15-8(2)12-14-11-9(7-13)5-4-6-10(11)16-12/h8-9H,3-7,13H2,1-2H3. The molecule has 3 nitrogen and oxygen atoms in total. The van der Waals surface area contributed by atoms with Crippen molar-refractivity contribution in [1.29, 1.82) is 0 Å². The van der Waals surface area contributed by atoms with Crippen molar-refractivity contribution in [2.75, 3.05) is 13.2 Å². The highest BCUT2D eigenvalue weighted by Gasteiger charge is 2.25. The Balaban J connectivity index is 2.21. The Bertz CT molecular complexity index is 351. The van der Waals surface area contributed by atoms with Gasteiger partial charge in [-0.15, -0.1) is 11.3 Å². The summed E-state index contributed by atoms with van der Waals surface area (Å²) in [4.78, 5) is 6.17. The molecule has 0 bridgehead atoms. The molecule has 0 aromatic carbocycles. The number of nitrogens with zero attached hydrogens (tertiary/aromatic N) is 1. The van der Waals surface area contributed by atoms with Crippen LogP contribution in [0.25, 0.3) is 0 Å². The zero-order valence-corrected chi connectivity index (χ0v) is 10.8. The summed E-state index contributed by atoms with van der Waals surface area (Å²) in [6.07, 6.45) is 3.73. The van der Waals surface area contributed by atoms with E-state index in [0.29, 0.717) is 5.92 Å². The van der Waals surface area contributed by atoms with Gasteiger partial charge in [-0.05, 0) is 33.1 Å². The van der Waals surface area contributed by atoms with E-state index in [1.165, 1.54) is 29.8 Å². The Labute approximate surface area is 101 Å². The minimum absolute atomic E-state index is 0.124. The van der Waals surface area contributed by atoms with Gasteiger partial charge in [0, 0.05) is 23.9 Å². The molecule has 2 rings (SSSR count). The van der Waals surface area contributed by atoms with Gasteiger partial charge in [-0.2, -0.15) is 0 Å². The number of fused-ring (bicyclic) bond motifs is 1. The smallest absolute Gasteiger partial charge is 0.122 e. The van der Waals surface area contributed by atoms with E-state index in [9.17, 15) is 0 Å². The van der Waals surface area contributed by atoms with E-state index in [1.54, 1.807) is 0 Å². The molecule has 1 aromatic heterocycles. The number of thiazole rings is 1. The van der Waals surface area contributed by atoms with Gasteiger partial charge in [0.25, 0.3) is 0 Å². The van der Waals surface area contributed by atoms with Gasteiger partial charge in [-0.25, -0.2) is 4.98 Å². The summed E-state index contributed by atoms with van der Waals surface area (Å²) < 4.78 is 5.59. The quantitative estimate of drug-likeness (QED) is 0.880. The molecule has 0 aliphatic heterocycles. The second kappa shape index (κ2) is 5.25. The first-order valence-corrected chi connectivity index (χ1v) is 6.89. The molecule has 0 saturated heterocycles. The molecule has 0 radical (unpaired) electrons. The van der Waals surface area contributed by atoms with Crippen LogP contribution in [0.5, 0.6) is 0 Å². The Morgan fingerprint density at radius 1 is 1.62 bits per heavy atom. The predicted molar refractivity (Wildman–Crippen MR) is 66.9 cm³/mol. The van der Waals surface area contributed by atoms with E-state index in [-0.39, 0.29) is 6.10 Å². The van der Waals surface area contributed by atoms with Crippen molar-refractivity contribution in [3.05, 3.63) is 15.6 Å². The fourth-order valence-electron chi connectivity index (χ4n) is 2.25. The van der Waals surface area contributed by atoms with E-state index in [0.717, 1.165) is 18.2 Å². The molecule has 1 aromatic rings. The van der Waals surface area contributed by atoms with Crippen LogP contribution in [0.15, 0.2) is 0 Å². The fraction of sp³-hybridized carbons (Fsp3) is 0.750. The first-order valence-electron chi connectivity index (χ1n) is 6.07. The maximum atomic E-state index is 5.80. The summed E-state index contributed by atoms with van der Waals surface area (Å²) in [7, 11) is 0. The van der Waals surface area contributed by atoms with Gasteiger partial charge in [-0.1, -0.05) is 0 Å². The van der Waals surface area contributed by atoms with Crippen LogP contribution in [0, 0.1) is 0 Å². The van der Waals surface area contributed by atoms with Crippen LogP contribution in [-0.2, 0) is 11.2 Å². The summed E-state index contributed by atoms with van der Waals surface area (Å²) in [5.41, 5.74) is 7.05. The van der Waals surface area contributed by atoms with Crippen LogP contribution in [0.2, 0.25) is 0 Å². The molecule has 1 aliphatic carbocycles. The topological polar surface area (TPSA) is 48.1 Å². The van der Waals surface area contributed by atoms with Gasteiger partial charge in [0.2, 0.25) is 0 Å². The third kappa shape index (κ3) is 2.29. The maximum Gasteiger partial charge on any atom is 0.122 e. The normalized spacial score (nSPS) is 21.8.